The summed E-state index contributed by atoms with van der Waals surface area (Å²) in [5, 5.41) is 4.57. The molecule has 0 unspecified atom stereocenters. The third-order valence-corrected chi connectivity index (χ3v) is 4.36. The normalized spacial score (nSPS) is 10.7. The Bertz CT molecular complexity index is 1060. The Labute approximate surface area is 153 Å². The lowest BCUT2D eigenvalue weighted by molar-refractivity contribution is 0.414. The second kappa shape index (κ2) is 6.89. The van der Waals surface area contributed by atoms with Gasteiger partial charge in [-0.15, -0.1) is 0 Å². The summed E-state index contributed by atoms with van der Waals surface area (Å²) in [4.78, 5) is 4.60. The van der Waals surface area contributed by atoms with E-state index in [1.54, 1.807) is 7.11 Å². The summed E-state index contributed by atoms with van der Waals surface area (Å²) in [6.07, 6.45) is 1.93. The molecular weight excluding hydrogens is 320 g/mol. The standard InChI is InChI=1S/C23H20N2O/c1-16-10-21(14-22(11-16)26-2)25-20-8-9-23-18(13-20)12-19(15-24-23)17-6-4-3-5-7-17/h3-15,25H,1-2H3. The summed E-state index contributed by atoms with van der Waals surface area (Å²) in [6, 6.07) is 24.8. The lowest BCUT2D eigenvalue weighted by Gasteiger charge is -2.11. The first-order chi connectivity index (χ1) is 12.7. The molecule has 0 atom stereocenters. The van der Waals surface area contributed by atoms with Crippen LogP contribution in [0.3, 0.4) is 0 Å². The van der Waals surface area contributed by atoms with Crippen molar-refractivity contribution in [3.8, 4) is 16.9 Å². The highest BCUT2D eigenvalue weighted by atomic mass is 16.5. The molecule has 0 amide bonds. The van der Waals surface area contributed by atoms with E-state index in [2.05, 4.69) is 47.6 Å². The van der Waals surface area contributed by atoms with Crippen LogP contribution in [0.5, 0.6) is 5.75 Å². The maximum atomic E-state index is 5.36. The monoisotopic (exact) mass is 340 g/mol. The molecule has 0 spiro atoms. The van der Waals surface area contributed by atoms with Gasteiger partial charge in [-0.1, -0.05) is 30.3 Å². The Balaban J connectivity index is 1.69. The molecule has 26 heavy (non-hydrogen) atoms. The van der Waals surface area contributed by atoms with Gasteiger partial charge in [0, 0.05) is 34.6 Å². The molecule has 1 aromatic heterocycles. The number of hydrogen-bond acceptors (Lipinski definition) is 3. The number of aromatic nitrogens is 1. The van der Waals surface area contributed by atoms with Crippen LogP contribution in [0.25, 0.3) is 22.0 Å². The van der Waals surface area contributed by atoms with Crippen LogP contribution < -0.4 is 10.1 Å². The fourth-order valence-electron chi connectivity index (χ4n) is 3.10. The van der Waals surface area contributed by atoms with E-state index < -0.39 is 0 Å². The number of hydrogen-bond donors (Lipinski definition) is 1. The third kappa shape index (κ3) is 3.38. The van der Waals surface area contributed by atoms with Crippen molar-refractivity contribution >= 4 is 22.3 Å². The van der Waals surface area contributed by atoms with Gasteiger partial charge in [0.1, 0.15) is 5.75 Å². The zero-order chi connectivity index (χ0) is 17.9. The summed E-state index contributed by atoms with van der Waals surface area (Å²) >= 11 is 0. The fourth-order valence-corrected chi connectivity index (χ4v) is 3.10. The molecule has 0 aliphatic heterocycles. The summed E-state index contributed by atoms with van der Waals surface area (Å²) in [6.45, 7) is 2.06. The number of rotatable bonds is 4. The summed E-state index contributed by atoms with van der Waals surface area (Å²) in [5.74, 6) is 0.848. The van der Waals surface area contributed by atoms with E-state index in [9.17, 15) is 0 Å². The lowest BCUT2D eigenvalue weighted by Crippen LogP contribution is -1.93. The number of methoxy groups -OCH3 is 1. The van der Waals surface area contributed by atoms with E-state index in [4.69, 9.17) is 4.74 Å². The second-order valence-electron chi connectivity index (χ2n) is 6.36. The fraction of sp³-hybridized carbons (Fsp3) is 0.0870. The van der Waals surface area contributed by atoms with Crippen molar-refractivity contribution in [3.05, 3.63) is 84.6 Å². The summed E-state index contributed by atoms with van der Waals surface area (Å²) < 4.78 is 5.36. The molecule has 128 valence electrons. The molecule has 0 bridgehead atoms. The molecule has 3 aromatic carbocycles. The molecule has 4 aromatic rings. The van der Waals surface area contributed by atoms with Gasteiger partial charge in [-0.3, -0.25) is 4.98 Å². The first-order valence-corrected chi connectivity index (χ1v) is 8.59. The van der Waals surface area contributed by atoms with Gasteiger partial charge >= 0.3 is 0 Å². The first kappa shape index (κ1) is 16.2. The highest BCUT2D eigenvalue weighted by molar-refractivity contribution is 5.87. The largest absolute Gasteiger partial charge is 0.497 e. The van der Waals surface area contributed by atoms with E-state index in [-0.39, 0.29) is 0 Å². The van der Waals surface area contributed by atoms with E-state index in [0.29, 0.717) is 0 Å². The van der Waals surface area contributed by atoms with Crippen LogP contribution >= 0.6 is 0 Å². The minimum absolute atomic E-state index is 0.848. The van der Waals surface area contributed by atoms with E-state index in [0.717, 1.165) is 39.2 Å². The molecule has 1 heterocycles. The van der Waals surface area contributed by atoms with Gasteiger partial charge in [0.25, 0.3) is 0 Å². The van der Waals surface area contributed by atoms with Crippen molar-refractivity contribution in [2.24, 2.45) is 0 Å². The number of pyridine rings is 1. The zero-order valence-electron chi connectivity index (χ0n) is 14.9. The molecule has 0 saturated carbocycles. The van der Waals surface area contributed by atoms with Crippen molar-refractivity contribution in [3.63, 3.8) is 0 Å². The van der Waals surface area contributed by atoms with Crippen LogP contribution in [0.4, 0.5) is 11.4 Å². The van der Waals surface area contributed by atoms with Crippen molar-refractivity contribution < 1.29 is 4.74 Å². The molecule has 0 saturated heterocycles. The van der Waals surface area contributed by atoms with Gasteiger partial charge in [-0.25, -0.2) is 0 Å². The van der Waals surface area contributed by atoms with Crippen molar-refractivity contribution in [1.82, 2.24) is 4.98 Å². The average molecular weight is 340 g/mol. The maximum Gasteiger partial charge on any atom is 0.121 e. The van der Waals surface area contributed by atoms with Crippen LogP contribution in [-0.4, -0.2) is 12.1 Å². The summed E-state index contributed by atoms with van der Waals surface area (Å²) in [5.41, 5.74) is 6.46. The SMILES string of the molecule is COc1cc(C)cc(Nc2ccc3ncc(-c4ccccc4)cc3c2)c1. The van der Waals surface area contributed by atoms with Crippen LogP contribution in [-0.2, 0) is 0 Å². The minimum atomic E-state index is 0.848. The minimum Gasteiger partial charge on any atom is -0.497 e. The van der Waals surface area contributed by atoms with Gasteiger partial charge in [-0.05, 0) is 54.4 Å². The molecule has 1 N–H and O–H groups in total. The number of ether oxygens (including phenoxy) is 1. The topological polar surface area (TPSA) is 34.1 Å². The maximum absolute atomic E-state index is 5.36. The van der Waals surface area contributed by atoms with Crippen molar-refractivity contribution in [2.45, 2.75) is 6.92 Å². The van der Waals surface area contributed by atoms with Gasteiger partial charge in [-0.2, -0.15) is 0 Å². The number of nitrogens with zero attached hydrogens (tertiary/aromatic N) is 1. The van der Waals surface area contributed by atoms with Crippen molar-refractivity contribution in [2.75, 3.05) is 12.4 Å². The van der Waals surface area contributed by atoms with Gasteiger partial charge in [0.15, 0.2) is 0 Å². The Morgan fingerprint density at radius 3 is 2.46 bits per heavy atom. The number of anilines is 2. The Kier molecular flexibility index (Phi) is 4.28. The Morgan fingerprint density at radius 2 is 1.65 bits per heavy atom. The van der Waals surface area contributed by atoms with Gasteiger partial charge < -0.3 is 10.1 Å². The average Bonchev–Trinajstić information content (AvgIpc) is 2.67. The first-order valence-electron chi connectivity index (χ1n) is 8.59. The van der Waals surface area contributed by atoms with Gasteiger partial charge in [0.2, 0.25) is 0 Å². The molecule has 0 aliphatic rings. The molecule has 4 rings (SSSR count). The van der Waals surface area contributed by atoms with Crippen LogP contribution in [0, 0.1) is 6.92 Å². The molecule has 0 radical (unpaired) electrons. The van der Waals surface area contributed by atoms with Crippen LogP contribution in [0.1, 0.15) is 5.56 Å². The highest BCUT2D eigenvalue weighted by Gasteiger charge is 2.04. The smallest absolute Gasteiger partial charge is 0.121 e. The van der Waals surface area contributed by atoms with Gasteiger partial charge in [0.05, 0.1) is 12.6 Å². The molecule has 3 nitrogen and oxygen atoms in total. The molecule has 0 aliphatic carbocycles. The van der Waals surface area contributed by atoms with E-state index in [1.807, 2.05) is 48.7 Å². The Morgan fingerprint density at radius 1 is 0.808 bits per heavy atom. The predicted molar refractivity (Wildman–Crippen MR) is 108 cm³/mol. The number of nitrogens with one attached hydrogen (secondary N) is 1. The predicted octanol–water partition coefficient (Wildman–Crippen LogP) is 5.96. The van der Waals surface area contributed by atoms with Crippen molar-refractivity contribution in [1.29, 1.82) is 0 Å². The lowest BCUT2D eigenvalue weighted by atomic mass is 10.1. The number of fused-ring (bicyclic) bond motifs is 1. The quantitative estimate of drug-likeness (QED) is 0.497. The zero-order valence-corrected chi connectivity index (χ0v) is 14.9. The molecular formula is C23H20N2O. The third-order valence-electron chi connectivity index (χ3n) is 4.36. The molecule has 0 fully saturated rings. The number of benzene rings is 3. The molecule has 3 heteroatoms. The van der Waals surface area contributed by atoms with E-state index >= 15 is 0 Å². The van der Waals surface area contributed by atoms with Crippen LogP contribution in [0.2, 0.25) is 0 Å². The summed E-state index contributed by atoms with van der Waals surface area (Å²) in [7, 11) is 1.69. The second-order valence-corrected chi connectivity index (χ2v) is 6.36. The Hall–Kier alpha value is -3.33. The van der Waals surface area contributed by atoms with Crippen LogP contribution in [0.15, 0.2) is 79.0 Å². The number of aryl methyl sites for hydroxylation is 1. The highest BCUT2D eigenvalue weighted by Crippen LogP contribution is 2.27. The van der Waals surface area contributed by atoms with E-state index in [1.165, 1.54) is 5.56 Å².